The van der Waals surface area contributed by atoms with Gasteiger partial charge in [-0.15, -0.1) is 0 Å². The minimum Gasteiger partial charge on any atom is -0.480 e. The van der Waals surface area contributed by atoms with E-state index in [9.17, 15) is 9.59 Å². The fraction of sp³-hybridized carbons (Fsp3) is 0.750. The minimum atomic E-state index is -1.11. The lowest BCUT2D eigenvalue weighted by Gasteiger charge is -2.08. The first-order valence-corrected chi connectivity index (χ1v) is 4.05. The Bertz CT molecular complexity index is 226. The van der Waals surface area contributed by atoms with Crippen molar-refractivity contribution in [2.75, 3.05) is 7.05 Å². The first kappa shape index (κ1) is 9.03. The number of aliphatic carboxylic acids is 1. The Hall–Kier alpha value is -1.06. The quantitative estimate of drug-likeness (QED) is 0.597. The number of nitrogens with one attached hydrogen (secondary N) is 1. The Morgan fingerprint density at radius 1 is 1.67 bits per heavy atom. The lowest BCUT2D eigenvalue weighted by atomic mass is 10.0. The van der Waals surface area contributed by atoms with Crippen LogP contribution in [0.5, 0.6) is 0 Å². The van der Waals surface area contributed by atoms with Crippen LogP contribution in [0.2, 0.25) is 0 Å². The molecule has 0 saturated heterocycles. The molecule has 1 aliphatic carbocycles. The van der Waals surface area contributed by atoms with Gasteiger partial charge in [-0.25, -0.2) is 0 Å². The third-order valence-electron chi connectivity index (χ3n) is 2.61. The van der Waals surface area contributed by atoms with Gasteiger partial charge in [0.1, 0.15) is 5.41 Å². The van der Waals surface area contributed by atoms with E-state index in [2.05, 4.69) is 5.32 Å². The molecule has 0 radical (unpaired) electrons. The molecule has 1 rings (SSSR count). The summed E-state index contributed by atoms with van der Waals surface area (Å²) >= 11 is 0. The Morgan fingerprint density at radius 3 is 2.50 bits per heavy atom. The maximum Gasteiger partial charge on any atom is 0.319 e. The van der Waals surface area contributed by atoms with Crippen LogP contribution < -0.4 is 5.32 Å². The Labute approximate surface area is 71.0 Å². The topological polar surface area (TPSA) is 66.4 Å². The van der Waals surface area contributed by atoms with Crippen LogP contribution in [0.25, 0.3) is 0 Å². The van der Waals surface area contributed by atoms with Crippen molar-refractivity contribution >= 4 is 11.9 Å². The third-order valence-corrected chi connectivity index (χ3v) is 2.61. The first-order chi connectivity index (χ1) is 5.59. The number of carboxylic acid groups (broad SMARTS) is 1. The van der Waals surface area contributed by atoms with E-state index in [0.717, 1.165) is 6.42 Å². The third kappa shape index (κ3) is 0.983. The molecule has 1 amide bonds. The summed E-state index contributed by atoms with van der Waals surface area (Å²) in [6, 6.07) is 0. The molecule has 0 aromatic carbocycles. The van der Waals surface area contributed by atoms with Gasteiger partial charge in [0.05, 0.1) is 0 Å². The van der Waals surface area contributed by atoms with E-state index in [1.807, 2.05) is 6.92 Å². The molecular weight excluding hydrogens is 158 g/mol. The highest BCUT2D eigenvalue weighted by molar-refractivity contribution is 6.05. The van der Waals surface area contributed by atoms with Gasteiger partial charge in [0.2, 0.25) is 5.91 Å². The van der Waals surface area contributed by atoms with Gasteiger partial charge >= 0.3 is 5.97 Å². The van der Waals surface area contributed by atoms with Crippen molar-refractivity contribution in [1.82, 2.24) is 5.32 Å². The lowest BCUT2D eigenvalue weighted by molar-refractivity contribution is -0.149. The highest BCUT2D eigenvalue weighted by Crippen LogP contribution is 2.54. The van der Waals surface area contributed by atoms with Gasteiger partial charge in [0.15, 0.2) is 0 Å². The predicted molar refractivity (Wildman–Crippen MR) is 42.5 cm³/mol. The van der Waals surface area contributed by atoms with Crippen molar-refractivity contribution in [2.45, 2.75) is 19.8 Å². The monoisotopic (exact) mass is 171 g/mol. The number of amides is 1. The molecule has 1 aliphatic rings. The smallest absolute Gasteiger partial charge is 0.319 e. The molecule has 68 valence electrons. The van der Waals surface area contributed by atoms with Gasteiger partial charge in [-0.05, 0) is 12.3 Å². The van der Waals surface area contributed by atoms with Crippen molar-refractivity contribution in [3.63, 3.8) is 0 Å². The molecular formula is C8H13NO3. The van der Waals surface area contributed by atoms with E-state index < -0.39 is 11.4 Å². The van der Waals surface area contributed by atoms with E-state index in [1.165, 1.54) is 7.05 Å². The molecule has 0 aromatic rings. The molecule has 4 nitrogen and oxygen atoms in total. The van der Waals surface area contributed by atoms with Crippen molar-refractivity contribution in [2.24, 2.45) is 11.3 Å². The van der Waals surface area contributed by atoms with Crippen molar-refractivity contribution in [3.8, 4) is 0 Å². The predicted octanol–water partition coefficient (Wildman–Crippen LogP) is 0.233. The van der Waals surface area contributed by atoms with Crippen LogP contribution in [0.4, 0.5) is 0 Å². The molecule has 0 heterocycles. The molecule has 2 atom stereocenters. The molecule has 0 aromatic heterocycles. The van der Waals surface area contributed by atoms with Crippen LogP contribution in [0.15, 0.2) is 0 Å². The zero-order valence-electron chi connectivity index (χ0n) is 7.26. The molecule has 0 bridgehead atoms. The summed E-state index contributed by atoms with van der Waals surface area (Å²) in [5.41, 5.74) is -1.11. The van der Waals surface area contributed by atoms with Crippen LogP contribution in [0.1, 0.15) is 19.8 Å². The van der Waals surface area contributed by atoms with Crippen LogP contribution >= 0.6 is 0 Å². The van der Waals surface area contributed by atoms with Gasteiger partial charge in [-0.2, -0.15) is 0 Å². The van der Waals surface area contributed by atoms with Gasteiger partial charge in [-0.3, -0.25) is 9.59 Å². The second-order valence-corrected chi connectivity index (χ2v) is 3.16. The van der Waals surface area contributed by atoms with Gasteiger partial charge in [0.25, 0.3) is 0 Å². The van der Waals surface area contributed by atoms with E-state index in [-0.39, 0.29) is 11.8 Å². The Morgan fingerprint density at radius 2 is 2.25 bits per heavy atom. The summed E-state index contributed by atoms with van der Waals surface area (Å²) in [5, 5.41) is 11.2. The molecule has 1 fully saturated rings. The normalized spacial score (nSPS) is 32.7. The number of rotatable bonds is 3. The summed E-state index contributed by atoms with van der Waals surface area (Å²) in [6.07, 6.45) is 1.23. The summed E-state index contributed by atoms with van der Waals surface area (Å²) in [7, 11) is 1.47. The molecule has 0 spiro atoms. The number of carbonyl (C=O) groups excluding carboxylic acids is 1. The average molecular weight is 171 g/mol. The Kier molecular flexibility index (Phi) is 2.08. The standard InChI is InChI=1S/C8H13NO3/c1-3-5-4-8(5,7(11)12)6(10)9-2/h5H,3-4H2,1-2H3,(H,9,10)(H,11,12). The van der Waals surface area contributed by atoms with Gasteiger partial charge in [-0.1, -0.05) is 13.3 Å². The molecule has 2 unspecified atom stereocenters. The second kappa shape index (κ2) is 2.77. The minimum absolute atomic E-state index is 0.0231. The Balaban J connectivity index is 2.78. The van der Waals surface area contributed by atoms with Crippen LogP contribution in [-0.2, 0) is 9.59 Å². The molecule has 0 aliphatic heterocycles. The summed E-state index contributed by atoms with van der Waals surface area (Å²) in [4.78, 5) is 22.0. The van der Waals surface area contributed by atoms with Crippen molar-refractivity contribution in [3.05, 3.63) is 0 Å². The largest absolute Gasteiger partial charge is 0.480 e. The SMILES string of the molecule is CCC1CC1(C(=O)O)C(=O)NC. The number of carbonyl (C=O) groups is 2. The number of carboxylic acids is 1. The average Bonchev–Trinajstić information content (AvgIpc) is 2.78. The fourth-order valence-corrected chi connectivity index (χ4v) is 1.68. The van der Waals surface area contributed by atoms with Crippen molar-refractivity contribution in [1.29, 1.82) is 0 Å². The summed E-state index contributed by atoms with van der Waals surface area (Å²) in [5.74, 6) is -1.33. The maximum absolute atomic E-state index is 11.2. The second-order valence-electron chi connectivity index (χ2n) is 3.16. The van der Waals surface area contributed by atoms with E-state index in [4.69, 9.17) is 5.11 Å². The van der Waals surface area contributed by atoms with E-state index >= 15 is 0 Å². The molecule has 4 heteroatoms. The van der Waals surface area contributed by atoms with Crippen molar-refractivity contribution < 1.29 is 14.7 Å². The zero-order valence-corrected chi connectivity index (χ0v) is 7.26. The number of hydrogen-bond acceptors (Lipinski definition) is 2. The highest BCUT2D eigenvalue weighted by Gasteiger charge is 2.64. The van der Waals surface area contributed by atoms with Crippen LogP contribution in [-0.4, -0.2) is 24.0 Å². The summed E-state index contributed by atoms with van der Waals surface area (Å²) < 4.78 is 0. The van der Waals surface area contributed by atoms with Crippen LogP contribution in [0, 0.1) is 11.3 Å². The lowest BCUT2D eigenvalue weighted by Crippen LogP contribution is -2.36. The van der Waals surface area contributed by atoms with E-state index in [0.29, 0.717) is 6.42 Å². The van der Waals surface area contributed by atoms with Gasteiger partial charge < -0.3 is 10.4 Å². The molecule has 12 heavy (non-hydrogen) atoms. The van der Waals surface area contributed by atoms with Crippen LogP contribution in [0.3, 0.4) is 0 Å². The van der Waals surface area contributed by atoms with E-state index in [1.54, 1.807) is 0 Å². The first-order valence-electron chi connectivity index (χ1n) is 4.05. The fourth-order valence-electron chi connectivity index (χ4n) is 1.68. The van der Waals surface area contributed by atoms with Gasteiger partial charge in [0, 0.05) is 7.05 Å². The maximum atomic E-state index is 11.2. The zero-order chi connectivity index (χ0) is 9.35. The molecule has 1 saturated carbocycles. The highest BCUT2D eigenvalue weighted by atomic mass is 16.4. The number of hydrogen-bond donors (Lipinski definition) is 2. The molecule has 2 N–H and O–H groups in total. The summed E-state index contributed by atoms with van der Waals surface area (Å²) in [6.45, 7) is 1.90.